The highest BCUT2D eigenvalue weighted by atomic mass is 15.3. The van der Waals surface area contributed by atoms with Gasteiger partial charge in [0.25, 0.3) is 0 Å². The van der Waals surface area contributed by atoms with Crippen LogP contribution in [0.5, 0.6) is 0 Å². The molecule has 0 unspecified atom stereocenters. The highest BCUT2D eigenvalue weighted by Gasteiger charge is 2.20. The van der Waals surface area contributed by atoms with E-state index in [1.165, 1.54) is 12.8 Å². The second kappa shape index (κ2) is 4.67. The zero-order valence-electron chi connectivity index (χ0n) is 9.71. The molecule has 4 nitrogen and oxygen atoms in total. The molecule has 1 fully saturated rings. The average Bonchev–Trinajstić information content (AvgIpc) is 3.07. The van der Waals surface area contributed by atoms with Gasteiger partial charge in [-0.15, -0.1) is 10.2 Å². The summed E-state index contributed by atoms with van der Waals surface area (Å²) in [7, 11) is 0. The quantitative estimate of drug-likeness (QED) is 0.844. The van der Waals surface area contributed by atoms with Crippen molar-refractivity contribution in [3.8, 4) is 5.69 Å². The first-order chi connectivity index (χ1) is 8.43. The Hall–Kier alpha value is -1.68. The predicted molar refractivity (Wildman–Crippen MR) is 66.1 cm³/mol. The van der Waals surface area contributed by atoms with Crippen LogP contribution in [0.2, 0.25) is 0 Å². The van der Waals surface area contributed by atoms with Crippen molar-refractivity contribution in [2.45, 2.75) is 25.3 Å². The van der Waals surface area contributed by atoms with Crippen LogP contribution in [0.3, 0.4) is 0 Å². The second-order valence-electron chi connectivity index (χ2n) is 4.43. The summed E-state index contributed by atoms with van der Waals surface area (Å²) >= 11 is 0. The Bertz CT molecular complexity index is 473. The van der Waals surface area contributed by atoms with Gasteiger partial charge in [0, 0.05) is 24.7 Å². The Kier molecular flexibility index (Phi) is 2.88. The van der Waals surface area contributed by atoms with Crippen molar-refractivity contribution in [1.29, 1.82) is 0 Å². The monoisotopic (exact) mass is 228 g/mol. The Morgan fingerprint density at radius 2 is 2.06 bits per heavy atom. The number of para-hydroxylation sites is 1. The molecule has 3 rings (SSSR count). The van der Waals surface area contributed by atoms with Crippen LogP contribution in [0.25, 0.3) is 5.69 Å². The molecule has 0 radical (unpaired) electrons. The minimum atomic E-state index is 0.753. The van der Waals surface area contributed by atoms with Crippen molar-refractivity contribution < 1.29 is 0 Å². The lowest BCUT2D eigenvalue weighted by Gasteiger charge is -2.06. The number of nitrogens with one attached hydrogen (secondary N) is 1. The van der Waals surface area contributed by atoms with E-state index in [0.29, 0.717) is 0 Å². The van der Waals surface area contributed by atoms with Crippen LogP contribution in [0.4, 0.5) is 0 Å². The van der Waals surface area contributed by atoms with Gasteiger partial charge in [-0.2, -0.15) is 0 Å². The Morgan fingerprint density at radius 1 is 1.24 bits per heavy atom. The van der Waals surface area contributed by atoms with Crippen molar-refractivity contribution in [2.24, 2.45) is 0 Å². The summed E-state index contributed by atoms with van der Waals surface area (Å²) < 4.78 is 2.05. The highest BCUT2D eigenvalue weighted by molar-refractivity contribution is 5.31. The third kappa shape index (κ3) is 2.53. The van der Waals surface area contributed by atoms with Crippen molar-refractivity contribution in [2.75, 3.05) is 6.54 Å². The van der Waals surface area contributed by atoms with E-state index in [4.69, 9.17) is 0 Å². The fourth-order valence-electron chi connectivity index (χ4n) is 1.91. The SMILES string of the molecule is c1ccc(-n2cnnc2CCNC2CC2)cc1. The van der Waals surface area contributed by atoms with Gasteiger partial charge >= 0.3 is 0 Å². The molecule has 1 aliphatic carbocycles. The number of benzene rings is 1. The molecule has 0 atom stereocenters. The minimum Gasteiger partial charge on any atom is -0.314 e. The van der Waals surface area contributed by atoms with Crippen LogP contribution in [0, 0.1) is 0 Å². The number of aromatic nitrogens is 3. The molecule has 0 amide bonds. The van der Waals surface area contributed by atoms with Gasteiger partial charge in [0.1, 0.15) is 12.2 Å². The van der Waals surface area contributed by atoms with Crippen LogP contribution >= 0.6 is 0 Å². The summed E-state index contributed by atoms with van der Waals surface area (Å²) in [6.07, 6.45) is 5.35. The van der Waals surface area contributed by atoms with E-state index >= 15 is 0 Å². The van der Waals surface area contributed by atoms with Gasteiger partial charge in [-0.3, -0.25) is 4.57 Å². The third-order valence-electron chi connectivity index (χ3n) is 3.01. The maximum absolute atomic E-state index is 4.18. The van der Waals surface area contributed by atoms with E-state index in [1.807, 2.05) is 18.2 Å². The van der Waals surface area contributed by atoms with Gasteiger partial charge in [0.2, 0.25) is 0 Å². The minimum absolute atomic E-state index is 0.753. The zero-order valence-corrected chi connectivity index (χ0v) is 9.71. The smallest absolute Gasteiger partial charge is 0.138 e. The van der Waals surface area contributed by atoms with Gasteiger partial charge in [-0.1, -0.05) is 18.2 Å². The summed E-state index contributed by atoms with van der Waals surface area (Å²) in [5.74, 6) is 1.02. The van der Waals surface area contributed by atoms with Crippen molar-refractivity contribution in [1.82, 2.24) is 20.1 Å². The fraction of sp³-hybridized carbons (Fsp3) is 0.385. The lowest BCUT2D eigenvalue weighted by Crippen LogP contribution is -2.20. The van der Waals surface area contributed by atoms with Crippen molar-refractivity contribution in [3.05, 3.63) is 42.5 Å². The van der Waals surface area contributed by atoms with E-state index in [9.17, 15) is 0 Å². The highest BCUT2D eigenvalue weighted by Crippen LogP contribution is 2.18. The number of hydrogen-bond acceptors (Lipinski definition) is 3. The molecule has 2 aromatic rings. The molecule has 1 aromatic carbocycles. The lowest BCUT2D eigenvalue weighted by atomic mass is 10.3. The zero-order chi connectivity index (χ0) is 11.5. The van der Waals surface area contributed by atoms with E-state index in [1.54, 1.807) is 6.33 Å². The standard InChI is InChI=1S/C13H16N4/c1-2-4-12(5-3-1)17-10-15-16-13(17)8-9-14-11-6-7-11/h1-5,10-11,14H,6-9H2. The largest absolute Gasteiger partial charge is 0.314 e. The first-order valence-corrected chi connectivity index (χ1v) is 6.11. The van der Waals surface area contributed by atoms with E-state index in [-0.39, 0.29) is 0 Å². The Balaban J connectivity index is 1.70. The Morgan fingerprint density at radius 3 is 2.82 bits per heavy atom. The van der Waals surface area contributed by atoms with Gasteiger partial charge in [-0.05, 0) is 25.0 Å². The summed E-state index contributed by atoms with van der Waals surface area (Å²) in [6.45, 7) is 0.982. The van der Waals surface area contributed by atoms with Crippen molar-refractivity contribution >= 4 is 0 Å². The normalized spacial score (nSPS) is 15.1. The maximum Gasteiger partial charge on any atom is 0.138 e. The first kappa shape index (κ1) is 10.5. The topological polar surface area (TPSA) is 42.7 Å². The van der Waals surface area contributed by atoms with Gasteiger partial charge < -0.3 is 5.32 Å². The van der Waals surface area contributed by atoms with Crippen LogP contribution in [0.1, 0.15) is 18.7 Å². The molecular formula is C13H16N4. The molecule has 0 aliphatic heterocycles. The molecule has 88 valence electrons. The number of hydrogen-bond donors (Lipinski definition) is 1. The molecule has 0 spiro atoms. The Labute approximate surface area is 101 Å². The molecule has 1 N–H and O–H groups in total. The molecule has 0 bridgehead atoms. The summed E-state index contributed by atoms with van der Waals surface area (Å²) in [6, 6.07) is 11.0. The average molecular weight is 228 g/mol. The van der Waals surface area contributed by atoms with Gasteiger partial charge in [0.15, 0.2) is 0 Å². The molecule has 1 saturated carbocycles. The second-order valence-corrected chi connectivity index (χ2v) is 4.43. The number of rotatable bonds is 5. The summed E-state index contributed by atoms with van der Waals surface area (Å²) in [4.78, 5) is 0. The molecule has 1 aliphatic rings. The molecule has 1 heterocycles. The van der Waals surface area contributed by atoms with Gasteiger partial charge in [-0.25, -0.2) is 0 Å². The third-order valence-corrected chi connectivity index (χ3v) is 3.01. The fourth-order valence-corrected chi connectivity index (χ4v) is 1.91. The van der Waals surface area contributed by atoms with Crippen LogP contribution < -0.4 is 5.32 Å². The van der Waals surface area contributed by atoms with E-state index in [0.717, 1.165) is 30.5 Å². The molecule has 17 heavy (non-hydrogen) atoms. The summed E-state index contributed by atoms with van der Waals surface area (Å²) in [5, 5.41) is 11.7. The summed E-state index contributed by atoms with van der Waals surface area (Å²) in [5.41, 5.74) is 1.12. The maximum atomic E-state index is 4.18. The van der Waals surface area contributed by atoms with Crippen LogP contribution in [0.15, 0.2) is 36.7 Å². The van der Waals surface area contributed by atoms with Crippen LogP contribution in [-0.4, -0.2) is 27.4 Å². The van der Waals surface area contributed by atoms with Crippen molar-refractivity contribution in [3.63, 3.8) is 0 Å². The molecule has 1 aromatic heterocycles. The molecule has 0 saturated heterocycles. The lowest BCUT2D eigenvalue weighted by molar-refractivity contribution is 0.659. The predicted octanol–water partition coefficient (Wildman–Crippen LogP) is 1.56. The van der Waals surface area contributed by atoms with E-state index < -0.39 is 0 Å². The van der Waals surface area contributed by atoms with Gasteiger partial charge in [0.05, 0.1) is 0 Å². The molecule has 4 heteroatoms. The first-order valence-electron chi connectivity index (χ1n) is 6.11. The number of nitrogens with zero attached hydrogens (tertiary/aromatic N) is 3. The molecular weight excluding hydrogens is 212 g/mol. The van der Waals surface area contributed by atoms with Crippen LogP contribution in [-0.2, 0) is 6.42 Å². The van der Waals surface area contributed by atoms with E-state index in [2.05, 4.69) is 32.2 Å².